The van der Waals surface area contributed by atoms with Crippen molar-refractivity contribution in [2.75, 3.05) is 34.8 Å². The van der Waals surface area contributed by atoms with Crippen LogP contribution in [0.2, 0.25) is 0 Å². The molecule has 0 atom stereocenters. The number of anilines is 3. The Morgan fingerprint density at radius 3 is 2.38 bits per heavy atom. The van der Waals surface area contributed by atoms with Gasteiger partial charge in [0.15, 0.2) is 0 Å². The summed E-state index contributed by atoms with van der Waals surface area (Å²) in [5.74, 6) is -0.526. The molecule has 11 heteroatoms. The molecule has 2 aromatic carbocycles. The Balaban J connectivity index is 1.94. The molecule has 2 aromatic rings. The quantitative estimate of drug-likeness (QED) is 0.581. The highest BCUT2D eigenvalue weighted by Crippen LogP contribution is 2.32. The maximum Gasteiger partial charge on any atom is 0.328 e. The zero-order chi connectivity index (χ0) is 23.5. The first-order valence-electron chi connectivity index (χ1n) is 9.84. The number of benzene rings is 2. The summed E-state index contributed by atoms with van der Waals surface area (Å²) in [6, 6.07) is 8.67. The summed E-state index contributed by atoms with van der Waals surface area (Å²) in [5.41, 5.74) is 1.88. The molecule has 0 bridgehead atoms. The molecule has 1 saturated heterocycles. The summed E-state index contributed by atoms with van der Waals surface area (Å²) >= 11 is 0. The lowest BCUT2D eigenvalue weighted by Crippen LogP contribution is -2.50. The Hall–Kier alpha value is -3.60. The third kappa shape index (κ3) is 5.17. The predicted octanol–water partition coefficient (Wildman–Crippen LogP) is 2.33. The molecule has 32 heavy (non-hydrogen) atoms. The van der Waals surface area contributed by atoms with E-state index < -0.39 is 22.0 Å². The van der Waals surface area contributed by atoms with Gasteiger partial charge in [0.05, 0.1) is 24.6 Å². The summed E-state index contributed by atoms with van der Waals surface area (Å²) in [5, 5.41) is 5.35. The van der Waals surface area contributed by atoms with E-state index in [4.69, 9.17) is 4.74 Å². The first-order chi connectivity index (χ1) is 15.1. The van der Waals surface area contributed by atoms with Crippen molar-refractivity contribution in [1.29, 1.82) is 0 Å². The number of sulfonamides is 1. The Bertz CT molecular complexity index is 1150. The van der Waals surface area contributed by atoms with Crippen LogP contribution in [0.25, 0.3) is 0 Å². The molecular weight excluding hydrogens is 436 g/mol. The van der Waals surface area contributed by atoms with Crippen LogP contribution in [0.5, 0.6) is 5.75 Å². The van der Waals surface area contributed by atoms with Crippen LogP contribution in [0.15, 0.2) is 36.4 Å². The molecule has 0 unspecified atom stereocenters. The van der Waals surface area contributed by atoms with Crippen LogP contribution in [0.3, 0.4) is 0 Å². The molecule has 1 heterocycles. The van der Waals surface area contributed by atoms with Gasteiger partial charge in [-0.3, -0.25) is 14.3 Å². The molecule has 0 aromatic heterocycles. The Labute approximate surface area is 186 Å². The molecule has 1 aliphatic heterocycles. The fraction of sp³-hybridized carbons (Fsp3) is 0.286. The second-order valence-electron chi connectivity index (χ2n) is 7.16. The number of rotatable bonds is 7. The first-order valence-corrected chi connectivity index (χ1v) is 11.7. The number of aryl methyl sites for hydroxylation is 1. The van der Waals surface area contributed by atoms with E-state index in [1.54, 1.807) is 18.2 Å². The third-order valence-electron chi connectivity index (χ3n) is 4.75. The molecule has 0 radical (unpaired) electrons. The highest BCUT2D eigenvalue weighted by Gasteiger charge is 2.29. The smallest absolute Gasteiger partial charge is 0.328 e. The lowest BCUT2D eigenvalue weighted by atomic mass is 10.0. The van der Waals surface area contributed by atoms with E-state index in [9.17, 15) is 22.8 Å². The van der Waals surface area contributed by atoms with E-state index in [0.717, 1.165) is 11.2 Å². The molecule has 3 N–H and O–H groups in total. The van der Waals surface area contributed by atoms with Crippen molar-refractivity contribution in [2.45, 2.75) is 19.8 Å². The van der Waals surface area contributed by atoms with Gasteiger partial charge in [0.2, 0.25) is 15.9 Å². The summed E-state index contributed by atoms with van der Waals surface area (Å²) in [6.07, 6.45) is 1.71. The molecule has 3 rings (SSSR count). The Kier molecular flexibility index (Phi) is 6.68. The zero-order valence-electron chi connectivity index (χ0n) is 17.9. The molecule has 0 saturated carbocycles. The number of methoxy groups -OCH3 is 1. The maximum absolute atomic E-state index is 13.1. The van der Waals surface area contributed by atoms with Gasteiger partial charge in [0.1, 0.15) is 5.75 Å². The van der Waals surface area contributed by atoms with Crippen molar-refractivity contribution in [2.24, 2.45) is 0 Å². The van der Waals surface area contributed by atoms with Crippen LogP contribution in [0, 0.1) is 0 Å². The summed E-state index contributed by atoms with van der Waals surface area (Å²) in [4.78, 5) is 38.7. The van der Waals surface area contributed by atoms with E-state index >= 15 is 0 Å². The predicted molar refractivity (Wildman–Crippen MR) is 121 cm³/mol. The fourth-order valence-corrected chi connectivity index (χ4v) is 3.91. The van der Waals surface area contributed by atoms with Crippen molar-refractivity contribution < 1.29 is 27.5 Å². The van der Waals surface area contributed by atoms with Gasteiger partial charge in [-0.2, -0.15) is 0 Å². The standard InChI is InChI=1S/C21H24N4O6S/c1-4-13-11-16(25-18(26)9-10-22-21(25)28)12-17(19(13)31-2)20(27)23-14-5-7-15(8-6-14)24-32(3,29)30/h5-8,11-12,24H,4,9-10H2,1-3H3,(H,22,28)(H,23,27). The Morgan fingerprint density at radius 1 is 1.16 bits per heavy atom. The Morgan fingerprint density at radius 2 is 1.81 bits per heavy atom. The average Bonchev–Trinajstić information content (AvgIpc) is 2.73. The van der Waals surface area contributed by atoms with Gasteiger partial charge in [-0.1, -0.05) is 6.92 Å². The van der Waals surface area contributed by atoms with Crippen molar-refractivity contribution in [3.05, 3.63) is 47.5 Å². The first kappa shape index (κ1) is 23.1. The van der Waals surface area contributed by atoms with Crippen LogP contribution in [0.1, 0.15) is 29.3 Å². The van der Waals surface area contributed by atoms with E-state index in [0.29, 0.717) is 29.1 Å². The molecule has 0 spiro atoms. The van der Waals surface area contributed by atoms with E-state index in [-0.39, 0.29) is 30.1 Å². The van der Waals surface area contributed by atoms with Crippen LogP contribution in [-0.4, -0.2) is 46.2 Å². The van der Waals surface area contributed by atoms with Crippen molar-refractivity contribution in [1.82, 2.24) is 5.32 Å². The van der Waals surface area contributed by atoms with E-state index in [2.05, 4.69) is 15.4 Å². The number of nitrogens with one attached hydrogen (secondary N) is 3. The number of hydrogen-bond donors (Lipinski definition) is 3. The second-order valence-corrected chi connectivity index (χ2v) is 8.90. The third-order valence-corrected chi connectivity index (χ3v) is 5.36. The number of nitrogens with zero attached hydrogens (tertiary/aromatic N) is 1. The topological polar surface area (TPSA) is 134 Å². The summed E-state index contributed by atoms with van der Waals surface area (Å²) < 4.78 is 30.5. The van der Waals surface area contributed by atoms with Crippen molar-refractivity contribution in [3.8, 4) is 5.75 Å². The van der Waals surface area contributed by atoms with Gasteiger partial charge in [0, 0.05) is 24.3 Å². The average molecular weight is 461 g/mol. The molecular formula is C21H24N4O6S. The summed E-state index contributed by atoms with van der Waals surface area (Å²) in [7, 11) is -1.98. The zero-order valence-corrected chi connectivity index (χ0v) is 18.7. The second kappa shape index (κ2) is 9.27. The van der Waals surface area contributed by atoms with Crippen LogP contribution in [-0.2, 0) is 21.2 Å². The highest BCUT2D eigenvalue weighted by molar-refractivity contribution is 7.92. The number of ether oxygens (including phenoxy) is 1. The van der Waals surface area contributed by atoms with E-state index in [1.807, 2.05) is 6.92 Å². The maximum atomic E-state index is 13.1. The van der Waals surface area contributed by atoms with Gasteiger partial charge < -0.3 is 15.4 Å². The lowest BCUT2D eigenvalue weighted by molar-refractivity contribution is -0.118. The highest BCUT2D eigenvalue weighted by atomic mass is 32.2. The molecule has 1 aliphatic rings. The summed E-state index contributed by atoms with van der Waals surface area (Å²) in [6.45, 7) is 2.14. The minimum Gasteiger partial charge on any atom is -0.496 e. The van der Waals surface area contributed by atoms with Crippen LogP contribution < -0.4 is 25.0 Å². The van der Waals surface area contributed by atoms with Crippen LogP contribution in [0.4, 0.5) is 21.9 Å². The van der Waals surface area contributed by atoms with E-state index in [1.165, 1.54) is 25.3 Å². The number of imide groups is 1. The minimum atomic E-state index is -3.42. The van der Waals surface area contributed by atoms with Gasteiger partial charge >= 0.3 is 6.03 Å². The normalized spacial score (nSPS) is 14.0. The molecule has 4 amide bonds. The van der Waals surface area contributed by atoms with Gasteiger partial charge in [-0.25, -0.2) is 18.1 Å². The molecule has 1 fully saturated rings. The van der Waals surface area contributed by atoms with Gasteiger partial charge in [0.25, 0.3) is 5.91 Å². The van der Waals surface area contributed by atoms with Gasteiger partial charge in [-0.05, 0) is 48.4 Å². The minimum absolute atomic E-state index is 0.159. The van der Waals surface area contributed by atoms with Crippen molar-refractivity contribution in [3.63, 3.8) is 0 Å². The number of carbonyl (C=O) groups is 3. The number of carbonyl (C=O) groups excluding carboxylic acids is 3. The van der Waals surface area contributed by atoms with Crippen LogP contribution >= 0.6 is 0 Å². The van der Waals surface area contributed by atoms with Crippen molar-refractivity contribution >= 4 is 44.9 Å². The number of amides is 4. The molecule has 10 nitrogen and oxygen atoms in total. The molecule has 0 aliphatic carbocycles. The number of urea groups is 1. The lowest BCUT2D eigenvalue weighted by Gasteiger charge is -2.27. The largest absolute Gasteiger partial charge is 0.496 e. The monoisotopic (exact) mass is 460 g/mol. The number of hydrogen-bond acceptors (Lipinski definition) is 6. The van der Waals surface area contributed by atoms with Gasteiger partial charge in [-0.15, -0.1) is 0 Å². The molecule has 170 valence electrons. The fourth-order valence-electron chi connectivity index (χ4n) is 3.35. The SMILES string of the molecule is CCc1cc(N2C(=O)CCNC2=O)cc(C(=O)Nc2ccc(NS(C)(=O)=O)cc2)c1OC.